The number of nitrogens with zero attached hydrogens (tertiary/aromatic N) is 3. The van der Waals surface area contributed by atoms with Gasteiger partial charge in [0.25, 0.3) is 0 Å². The molecule has 0 radical (unpaired) electrons. The van der Waals surface area contributed by atoms with Crippen LogP contribution in [0.1, 0.15) is 19.3 Å². The van der Waals surface area contributed by atoms with Crippen LogP contribution < -0.4 is 0 Å². The molecule has 0 aromatic heterocycles. The van der Waals surface area contributed by atoms with Gasteiger partial charge in [0.2, 0.25) is 11.8 Å². The van der Waals surface area contributed by atoms with Crippen molar-refractivity contribution in [3.8, 4) is 0 Å². The Labute approximate surface area is 126 Å². The Morgan fingerprint density at radius 3 is 2.14 bits per heavy atom. The third kappa shape index (κ3) is 6.41. The van der Waals surface area contributed by atoms with Gasteiger partial charge in [-0.25, -0.2) is 0 Å². The van der Waals surface area contributed by atoms with E-state index in [0.29, 0.717) is 19.6 Å². The van der Waals surface area contributed by atoms with Crippen molar-refractivity contribution >= 4 is 11.8 Å². The number of likely N-dealkylation sites (N-methyl/N-ethyl adjacent to an activating group) is 1. The lowest BCUT2D eigenvalue weighted by Gasteiger charge is -2.30. The van der Waals surface area contributed by atoms with Crippen molar-refractivity contribution in [2.24, 2.45) is 0 Å². The minimum Gasteiger partial charge on any atom is -0.387 e. The average molecular weight is 301 g/mol. The Balaban J connectivity index is 2.39. The standard InChI is InChI=1S/C14H27N3O4/c1-15(13(20)11-18)7-9-17(14(21)12-19)10-8-16-5-3-2-4-6-16/h18-19H,2-12H2,1H3. The van der Waals surface area contributed by atoms with E-state index in [0.717, 1.165) is 19.6 Å². The molecule has 0 aliphatic carbocycles. The van der Waals surface area contributed by atoms with Gasteiger partial charge in [-0.2, -0.15) is 0 Å². The van der Waals surface area contributed by atoms with Crippen LogP contribution in [-0.4, -0.2) is 96.3 Å². The predicted octanol–water partition coefficient (Wildman–Crippen LogP) is -1.26. The number of aliphatic hydroxyl groups excluding tert-OH is 2. The number of carbonyl (C=O) groups is 2. The normalized spacial score (nSPS) is 15.8. The zero-order valence-corrected chi connectivity index (χ0v) is 12.8. The van der Waals surface area contributed by atoms with E-state index in [-0.39, 0.29) is 11.8 Å². The molecular formula is C14H27N3O4. The van der Waals surface area contributed by atoms with Crippen LogP contribution in [0.4, 0.5) is 0 Å². The molecule has 1 heterocycles. The van der Waals surface area contributed by atoms with Crippen molar-refractivity contribution in [3.05, 3.63) is 0 Å². The molecule has 1 aliphatic rings. The maximum absolute atomic E-state index is 11.7. The molecule has 0 unspecified atom stereocenters. The molecule has 0 aromatic carbocycles. The fourth-order valence-electron chi connectivity index (χ4n) is 2.42. The second-order valence-electron chi connectivity index (χ2n) is 5.41. The van der Waals surface area contributed by atoms with E-state index in [2.05, 4.69) is 4.90 Å². The van der Waals surface area contributed by atoms with Crippen molar-refractivity contribution in [1.82, 2.24) is 14.7 Å². The first-order valence-corrected chi connectivity index (χ1v) is 7.54. The number of hydrogen-bond acceptors (Lipinski definition) is 5. The van der Waals surface area contributed by atoms with E-state index in [9.17, 15) is 9.59 Å². The largest absolute Gasteiger partial charge is 0.387 e. The summed E-state index contributed by atoms with van der Waals surface area (Å²) in [5, 5.41) is 17.8. The van der Waals surface area contributed by atoms with Gasteiger partial charge in [0, 0.05) is 33.2 Å². The maximum Gasteiger partial charge on any atom is 0.248 e. The fraction of sp³-hybridized carbons (Fsp3) is 0.857. The van der Waals surface area contributed by atoms with Crippen LogP contribution in [0.25, 0.3) is 0 Å². The van der Waals surface area contributed by atoms with E-state index < -0.39 is 13.2 Å². The summed E-state index contributed by atoms with van der Waals surface area (Å²) in [6.45, 7) is 3.15. The van der Waals surface area contributed by atoms with Crippen LogP contribution in [0.5, 0.6) is 0 Å². The second-order valence-corrected chi connectivity index (χ2v) is 5.41. The lowest BCUT2D eigenvalue weighted by Crippen LogP contribution is -2.45. The topological polar surface area (TPSA) is 84.3 Å². The molecule has 7 heteroatoms. The van der Waals surface area contributed by atoms with Gasteiger partial charge in [0.1, 0.15) is 13.2 Å². The third-order valence-electron chi connectivity index (χ3n) is 3.89. The van der Waals surface area contributed by atoms with Gasteiger partial charge in [-0.15, -0.1) is 0 Å². The average Bonchev–Trinajstić information content (AvgIpc) is 2.54. The monoisotopic (exact) mass is 301 g/mol. The van der Waals surface area contributed by atoms with Crippen LogP contribution in [-0.2, 0) is 9.59 Å². The van der Waals surface area contributed by atoms with Gasteiger partial charge in [0.05, 0.1) is 0 Å². The molecule has 7 nitrogen and oxygen atoms in total. The third-order valence-corrected chi connectivity index (χ3v) is 3.89. The SMILES string of the molecule is CN(CCN(CCN1CCCCC1)C(=O)CO)C(=O)CO. The minimum atomic E-state index is -0.530. The summed E-state index contributed by atoms with van der Waals surface area (Å²) in [5.74, 6) is -0.695. The molecule has 1 fully saturated rings. The van der Waals surface area contributed by atoms with Crippen LogP contribution in [0.15, 0.2) is 0 Å². The quantitative estimate of drug-likeness (QED) is 0.585. The van der Waals surface area contributed by atoms with Crippen LogP contribution in [0.2, 0.25) is 0 Å². The summed E-state index contributed by atoms with van der Waals surface area (Å²) in [4.78, 5) is 28.3. The number of amides is 2. The Morgan fingerprint density at radius 2 is 1.57 bits per heavy atom. The van der Waals surface area contributed by atoms with Crippen molar-refractivity contribution in [3.63, 3.8) is 0 Å². The van der Waals surface area contributed by atoms with Crippen molar-refractivity contribution in [1.29, 1.82) is 0 Å². The number of aliphatic hydroxyl groups is 2. The molecule has 21 heavy (non-hydrogen) atoms. The van der Waals surface area contributed by atoms with Gasteiger partial charge in [-0.1, -0.05) is 6.42 Å². The molecule has 2 N–H and O–H groups in total. The van der Waals surface area contributed by atoms with Crippen LogP contribution in [0.3, 0.4) is 0 Å². The van der Waals surface area contributed by atoms with Gasteiger partial charge < -0.3 is 24.9 Å². The lowest BCUT2D eigenvalue weighted by molar-refractivity contribution is -0.137. The molecule has 0 aromatic rings. The van der Waals surface area contributed by atoms with E-state index in [1.165, 1.54) is 24.2 Å². The Morgan fingerprint density at radius 1 is 0.952 bits per heavy atom. The maximum atomic E-state index is 11.7. The molecule has 1 aliphatic heterocycles. The van der Waals surface area contributed by atoms with Crippen molar-refractivity contribution < 1.29 is 19.8 Å². The van der Waals surface area contributed by atoms with Gasteiger partial charge in [-0.05, 0) is 25.9 Å². The van der Waals surface area contributed by atoms with Gasteiger partial charge >= 0.3 is 0 Å². The number of likely N-dealkylation sites (tertiary alicyclic amines) is 1. The summed E-state index contributed by atoms with van der Waals surface area (Å²) in [6.07, 6.45) is 3.66. The second kappa shape index (κ2) is 9.70. The van der Waals surface area contributed by atoms with E-state index in [1.807, 2.05) is 0 Å². The summed E-state index contributed by atoms with van der Waals surface area (Å²) >= 11 is 0. The van der Waals surface area contributed by atoms with E-state index >= 15 is 0 Å². The predicted molar refractivity (Wildman–Crippen MR) is 78.7 cm³/mol. The number of piperidine rings is 1. The van der Waals surface area contributed by atoms with E-state index in [1.54, 1.807) is 11.9 Å². The summed E-state index contributed by atoms with van der Waals surface area (Å²) in [7, 11) is 1.59. The molecule has 122 valence electrons. The first kappa shape index (κ1) is 17.9. The molecule has 2 amide bonds. The van der Waals surface area contributed by atoms with Crippen LogP contribution >= 0.6 is 0 Å². The zero-order valence-electron chi connectivity index (χ0n) is 12.8. The molecule has 0 spiro atoms. The Hall–Kier alpha value is -1.18. The lowest BCUT2D eigenvalue weighted by atomic mass is 10.1. The van der Waals surface area contributed by atoms with Crippen molar-refractivity contribution in [2.45, 2.75) is 19.3 Å². The molecule has 0 saturated carbocycles. The highest BCUT2D eigenvalue weighted by atomic mass is 16.3. The molecule has 0 atom stereocenters. The smallest absolute Gasteiger partial charge is 0.248 e. The number of rotatable bonds is 8. The van der Waals surface area contributed by atoms with Crippen LogP contribution in [0, 0.1) is 0 Å². The highest BCUT2D eigenvalue weighted by molar-refractivity contribution is 5.78. The zero-order chi connectivity index (χ0) is 15.7. The Bertz CT molecular complexity index is 332. The first-order chi connectivity index (χ1) is 10.1. The van der Waals surface area contributed by atoms with Gasteiger partial charge in [-0.3, -0.25) is 9.59 Å². The Kier molecular flexibility index (Phi) is 8.26. The molecule has 0 bridgehead atoms. The summed E-state index contributed by atoms with van der Waals surface area (Å²) in [6, 6.07) is 0. The molecular weight excluding hydrogens is 274 g/mol. The molecule has 1 rings (SSSR count). The summed E-state index contributed by atoms with van der Waals surface area (Å²) in [5.41, 5.74) is 0. The fourth-order valence-corrected chi connectivity index (χ4v) is 2.42. The first-order valence-electron chi connectivity index (χ1n) is 7.54. The highest BCUT2D eigenvalue weighted by Gasteiger charge is 2.17. The minimum absolute atomic E-state index is 0.322. The summed E-state index contributed by atoms with van der Waals surface area (Å²) < 4.78 is 0. The van der Waals surface area contributed by atoms with Gasteiger partial charge in [0.15, 0.2) is 0 Å². The highest BCUT2D eigenvalue weighted by Crippen LogP contribution is 2.08. The number of hydrogen-bond donors (Lipinski definition) is 2. The molecule has 1 saturated heterocycles. The van der Waals surface area contributed by atoms with E-state index in [4.69, 9.17) is 10.2 Å². The van der Waals surface area contributed by atoms with Crippen molar-refractivity contribution in [2.75, 3.05) is 59.5 Å². The number of carbonyl (C=O) groups excluding carboxylic acids is 2.